The molecule has 5 heteroatoms. The van der Waals surface area contributed by atoms with E-state index in [9.17, 15) is 4.79 Å². The summed E-state index contributed by atoms with van der Waals surface area (Å²) in [6, 6.07) is 10.1. The summed E-state index contributed by atoms with van der Waals surface area (Å²) in [5.41, 5.74) is 0.950. The maximum atomic E-state index is 11.8. The molecule has 0 radical (unpaired) electrons. The van der Waals surface area contributed by atoms with Gasteiger partial charge in [-0.15, -0.1) is 0 Å². The summed E-state index contributed by atoms with van der Waals surface area (Å²) in [5.74, 6) is 5.95. The van der Waals surface area contributed by atoms with Crippen LogP contribution in [0.2, 0.25) is 0 Å². The van der Waals surface area contributed by atoms with Crippen LogP contribution in [0.25, 0.3) is 0 Å². The highest BCUT2D eigenvalue weighted by molar-refractivity contribution is 5.74. The number of urea groups is 1. The average molecular weight is 313 g/mol. The molecule has 2 fully saturated rings. The molecular formula is C18H23N3O2. The van der Waals surface area contributed by atoms with Crippen LogP contribution < -0.4 is 10.6 Å². The highest BCUT2D eigenvalue weighted by Crippen LogP contribution is 2.22. The Bertz CT molecular complexity index is 579. The van der Waals surface area contributed by atoms with E-state index < -0.39 is 0 Å². The van der Waals surface area contributed by atoms with Gasteiger partial charge in [-0.3, -0.25) is 4.90 Å². The molecule has 2 N–H and O–H groups in total. The van der Waals surface area contributed by atoms with Gasteiger partial charge in [-0.1, -0.05) is 30.0 Å². The molecular weight excluding hydrogens is 290 g/mol. The summed E-state index contributed by atoms with van der Waals surface area (Å²) in [6.07, 6.45) is 2.58. The van der Waals surface area contributed by atoms with E-state index in [-0.39, 0.29) is 12.1 Å². The molecule has 2 aliphatic heterocycles. The maximum Gasteiger partial charge on any atom is 0.315 e. The number of hydrogen-bond donors (Lipinski definition) is 2. The van der Waals surface area contributed by atoms with E-state index in [0.717, 1.165) is 25.3 Å². The number of fused-ring (bicyclic) bond motifs is 1. The zero-order valence-electron chi connectivity index (χ0n) is 13.3. The van der Waals surface area contributed by atoms with Gasteiger partial charge in [0.05, 0.1) is 19.3 Å². The Balaban J connectivity index is 1.33. The number of rotatable bonds is 3. The first-order valence-corrected chi connectivity index (χ1v) is 8.22. The average Bonchev–Trinajstić information content (AvgIpc) is 3.05. The smallest absolute Gasteiger partial charge is 0.315 e. The summed E-state index contributed by atoms with van der Waals surface area (Å²) < 4.78 is 5.81. The molecule has 122 valence electrons. The van der Waals surface area contributed by atoms with Crippen molar-refractivity contribution in [1.82, 2.24) is 15.5 Å². The van der Waals surface area contributed by atoms with Crippen LogP contribution in [0.15, 0.2) is 30.3 Å². The molecule has 0 aliphatic carbocycles. The lowest BCUT2D eigenvalue weighted by atomic mass is 10.2. The second kappa shape index (κ2) is 8.00. The second-order valence-electron chi connectivity index (χ2n) is 5.98. The molecule has 2 heterocycles. The normalized spacial score (nSPS) is 23.5. The van der Waals surface area contributed by atoms with E-state index in [1.54, 1.807) is 0 Å². The van der Waals surface area contributed by atoms with Gasteiger partial charge in [-0.2, -0.15) is 0 Å². The number of hydrogen-bond acceptors (Lipinski definition) is 3. The van der Waals surface area contributed by atoms with E-state index in [1.165, 1.54) is 12.8 Å². The number of carbonyl (C=O) groups excluding carboxylic acids is 1. The van der Waals surface area contributed by atoms with E-state index in [4.69, 9.17) is 4.74 Å². The van der Waals surface area contributed by atoms with Gasteiger partial charge in [0.25, 0.3) is 0 Å². The first-order chi connectivity index (χ1) is 11.3. The van der Waals surface area contributed by atoms with Crippen molar-refractivity contribution in [3.8, 4) is 11.8 Å². The van der Waals surface area contributed by atoms with Crippen molar-refractivity contribution in [2.45, 2.75) is 25.0 Å². The fourth-order valence-electron chi connectivity index (χ4n) is 3.07. The van der Waals surface area contributed by atoms with Crippen LogP contribution in [0.3, 0.4) is 0 Å². The summed E-state index contributed by atoms with van der Waals surface area (Å²) >= 11 is 0. The highest BCUT2D eigenvalue weighted by atomic mass is 16.5. The van der Waals surface area contributed by atoms with Crippen LogP contribution in [0, 0.1) is 11.8 Å². The molecule has 2 amide bonds. The molecule has 0 unspecified atom stereocenters. The zero-order valence-corrected chi connectivity index (χ0v) is 13.3. The van der Waals surface area contributed by atoms with Gasteiger partial charge in [0.15, 0.2) is 0 Å². The van der Waals surface area contributed by atoms with Crippen molar-refractivity contribution in [3.05, 3.63) is 35.9 Å². The largest absolute Gasteiger partial charge is 0.373 e. The lowest BCUT2D eigenvalue weighted by Gasteiger charge is -2.35. The summed E-state index contributed by atoms with van der Waals surface area (Å²) in [7, 11) is 0. The third-order valence-corrected chi connectivity index (χ3v) is 4.30. The molecule has 0 saturated carbocycles. The van der Waals surface area contributed by atoms with E-state index in [2.05, 4.69) is 27.4 Å². The summed E-state index contributed by atoms with van der Waals surface area (Å²) in [5, 5.41) is 5.61. The summed E-state index contributed by atoms with van der Waals surface area (Å²) in [6.45, 7) is 3.74. The molecule has 0 spiro atoms. The van der Waals surface area contributed by atoms with E-state index in [0.29, 0.717) is 19.1 Å². The Kier molecular flexibility index (Phi) is 5.51. The molecule has 3 rings (SSSR count). The fourth-order valence-corrected chi connectivity index (χ4v) is 3.07. The lowest BCUT2D eigenvalue weighted by molar-refractivity contribution is -0.0457. The van der Waals surface area contributed by atoms with Crippen molar-refractivity contribution < 1.29 is 9.53 Å². The van der Waals surface area contributed by atoms with E-state index >= 15 is 0 Å². The van der Waals surface area contributed by atoms with Gasteiger partial charge < -0.3 is 15.4 Å². The molecule has 5 nitrogen and oxygen atoms in total. The minimum atomic E-state index is -0.195. The predicted molar refractivity (Wildman–Crippen MR) is 89.1 cm³/mol. The molecule has 0 aromatic heterocycles. The second-order valence-corrected chi connectivity index (χ2v) is 5.98. The SMILES string of the molecule is O=C(NCC#Cc1ccccc1)NC[C@@H]1CN2CCC[C@H]2CO1. The molecule has 2 saturated heterocycles. The number of morpholine rings is 1. The Morgan fingerprint density at radius 2 is 2.17 bits per heavy atom. The van der Waals surface area contributed by atoms with Crippen LogP contribution in [0.5, 0.6) is 0 Å². The fraction of sp³-hybridized carbons (Fsp3) is 0.500. The van der Waals surface area contributed by atoms with Crippen LogP contribution in [0.1, 0.15) is 18.4 Å². The topological polar surface area (TPSA) is 53.6 Å². The van der Waals surface area contributed by atoms with Crippen LogP contribution >= 0.6 is 0 Å². The van der Waals surface area contributed by atoms with Crippen LogP contribution in [0.4, 0.5) is 4.79 Å². The van der Waals surface area contributed by atoms with E-state index in [1.807, 2.05) is 30.3 Å². The maximum absolute atomic E-state index is 11.8. The molecule has 23 heavy (non-hydrogen) atoms. The van der Waals surface area contributed by atoms with Gasteiger partial charge in [0, 0.05) is 24.7 Å². The Hall–Kier alpha value is -2.03. The van der Waals surface area contributed by atoms with Crippen molar-refractivity contribution in [3.63, 3.8) is 0 Å². The number of amides is 2. The van der Waals surface area contributed by atoms with Gasteiger partial charge in [-0.05, 0) is 31.5 Å². The van der Waals surface area contributed by atoms with Crippen LogP contribution in [-0.2, 0) is 4.74 Å². The first kappa shape index (κ1) is 15.9. The van der Waals surface area contributed by atoms with Crippen molar-refractivity contribution in [1.29, 1.82) is 0 Å². The Morgan fingerprint density at radius 1 is 1.30 bits per heavy atom. The predicted octanol–water partition coefficient (Wildman–Crippen LogP) is 1.20. The molecule has 1 aromatic carbocycles. The van der Waals surface area contributed by atoms with Gasteiger partial charge in [0.2, 0.25) is 0 Å². The summed E-state index contributed by atoms with van der Waals surface area (Å²) in [4.78, 5) is 14.2. The van der Waals surface area contributed by atoms with Crippen molar-refractivity contribution >= 4 is 6.03 Å². The number of ether oxygens (including phenoxy) is 1. The van der Waals surface area contributed by atoms with Crippen molar-refractivity contribution in [2.24, 2.45) is 0 Å². The minimum Gasteiger partial charge on any atom is -0.373 e. The highest BCUT2D eigenvalue weighted by Gasteiger charge is 2.32. The third-order valence-electron chi connectivity index (χ3n) is 4.30. The van der Waals surface area contributed by atoms with Crippen LogP contribution in [-0.4, -0.2) is 55.9 Å². The molecule has 0 bridgehead atoms. The first-order valence-electron chi connectivity index (χ1n) is 8.22. The minimum absolute atomic E-state index is 0.0884. The molecule has 2 atom stereocenters. The van der Waals surface area contributed by atoms with Gasteiger partial charge in [-0.25, -0.2) is 4.79 Å². The molecule has 2 aliphatic rings. The number of benzene rings is 1. The zero-order chi connectivity index (χ0) is 15.9. The number of carbonyl (C=O) groups is 1. The van der Waals surface area contributed by atoms with Crippen molar-refractivity contribution in [2.75, 3.05) is 32.8 Å². The van der Waals surface area contributed by atoms with Gasteiger partial charge in [0.1, 0.15) is 0 Å². The number of nitrogens with zero attached hydrogens (tertiary/aromatic N) is 1. The quantitative estimate of drug-likeness (QED) is 0.825. The Morgan fingerprint density at radius 3 is 3.04 bits per heavy atom. The lowest BCUT2D eigenvalue weighted by Crippen LogP contribution is -2.51. The standard InChI is InChI=1S/C18H23N3O2/c22-18(19-10-4-8-15-6-2-1-3-7-15)20-12-17-13-21-11-5-9-16(21)14-23-17/h1-3,6-7,16-17H,5,9-14H2,(H2,19,20,22)/t16-,17+/m0/s1. The third kappa shape index (κ3) is 4.72. The number of nitrogens with one attached hydrogen (secondary N) is 2. The Labute approximate surface area is 137 Å². The van der Waals surface area contributed by atoms with Gasteiger partial charge >= 0.3 is 6.03 Å². The monoisotopic (exact) mass is 313 g/mol. The molecule has 1 aromatic rings.